The van der Waals surface area contributed by atoms with Gasteiger partial charge in [0.2, 0.25) is 0 Å². The Labute approximate surface area is 85.7 Å². The molecule has 1 rings (SSSR count). The molecule has 3 heteroatoms. The molecule has 34 valence electrons. The van der Waals surface area contributed by atoms with Crippen LogP contribution in [0.1, 0.15) is 6.42 Å². The van der Waals surface area contributed by atoms with Crippen LogP contribution in [0.3, 0.4) is 0 Å². The van der Waals surface area contributed by atoms with Gasteiger partial charge in [-0.15, -0.1) is 5.16 Å². The van der Waals surface area contributed by atoms with Crippen LogP contribution >= 0.6 is 0 Å². The number of hydrogen-bond donors (Lipinski definition) is 0. The molecule has 0 unspecified atom stereocenters. The molecule has 7 heavy (non-hydrogen) atoms. The van der Waals surface area contributed by atoms with E-state index in [1.54, 1.807) is 0 Å². The van der Waals surface area contributed by atoms with Crippen molar-refractivity contribution in [3.8, 4) is 0 Å². The maximum absolute atomic E-state index is 4.58. The average molecular weight is 123 g/mol. The molecule has 0 aliphatic carbocycles. The fraction of sp³-hybridized carbons (Fsp3) is 0.500. The van der Waals surface area contributed by atoms with E-state index in [0.717, 1.165) is 18.7 Å². The number of nitrogens with zero attached hydrogens (tertiary/aromatic N) is 1. The van der Waals surface area contributed by atoms with Gasteiger partial charge in [-0.1, -0.05) is 5.71 Å². The zero-order chi connectivity index (χ0) is 4.41. The molecule has 0 aromatic rings. The number of oxime groups is 1. The minimum absolute atomic E-state index is 0. The van der Waals surface area contributed by atoms with Gasteiger partial charge < -0.3 is 11.8 Å². The van der Waals surface area contributed by atoms with Crippen molar-refractivity contribution in [3.05, 3.63) is 6.92 Å². The number of rotatable bonds is 0. The monoisotopic (exact) mass is 123 g/mol. The van der Waals surface area contributed by atoms with Crippen LogP contribution in [0, 0.1) is 6.92 Å². The van der Waals surface area contributed by atoms with E-state index in [1.807, 2.05) is 0 Å². The molecule has 0 aromatic carbocycles. The Bertz CT molecular complexity index is 81.8. The molecule has 0 saturated carbocycles. The normalized spacial score (nSPS) is 16.9. The van der Waals surface area contributed by atoms with Gasteiger partial charge in [0, 0.05) is 0 Å². The van der Waals surface area contributed by atoms with Crippen molar-refractivity contribution in [2.45, 2.75) is 6.42 Å². The second-order valence-electron chi connectivity index (χ2n) is 1.24. The van der Waals surface area contributed by atoms with Crippen LogP contribution in [0.4, 0.5) is 0 Å². The predicted octanol–water partition coefficient (Wildman–Crippen LogP) is -2.40. The van der Waals surface area contributed by atoms with E-state index in [-0.39, 0.29) is 51.4 Å². The smallest absolute Gasteiger partial charge is 0.398 e. The summed E-state index contributed by atoms with van der Waals surface area (Å²) in [6.07, 6.45) is 0.903. The van der Waals surface area contributed by atoms with Gasteiger partial charge in [0.1, 0.15) is 6.61 Å². The van der Waals surface area contributed by atoms with E-state index in [9.17, 15) is 0 Å². The summed E-state index contributed by atoms with van der Waals surface area (Å²) in [4.78, 5) is 4.58. The molecule has 1 aliphatic rings. The minimum Gasteiger partial charge on any atom is -0.398 e. The van der Waals surface area contributed by atoms with Crippen molar-refractivity contribution >= 4 is 5.71 Å². The second-order valence-corrected chi connectivity index (χ2v) is 1.24. The Morgan fingerprint density at radius 3 is 2.57 bits per heavy atom. The topological polar surface area (TPSA) is 21.6 Å². The van der Waals surface area contributed by atoms with E-state index in [1.165, 1.54) is 0 Å². The van der Waals surface area contributed by atoms with Gasteiger partial charge in [0.15, 0.2) is 0 Å². The predicted molar refractivity (Wildman–Crippen MR) is 23.4 cm³/mol. The molecular weight excluding hydrogens is 117 g/mol. The Morgan fingerprint density at radius 2 is 2.43 bits per heavy atom. The first-order valence-electron chi connectivity index (χ1n) is 1.90. The molecule has 0 N–H and O–H groups in total. The van der Waals surface area contributed by atoms with E-state index in [0.29, 0.717) is 0 Å². The van der Waals surface area contributed by atoms with Crippen LogP contribution in [-0.2, 0) is 4.84 Å². The summed E-state index contributed by atoms with van der Waals surface area (Å²) in [5.74, 6) is 0. The van der Waals surface area contributed by atoms with Crippen molar-refractivity contribution in [2.24, 2.45) is 5.16 Å². The fourth-order valence-electron chi connectivity index (χ4n) is 0.346. The van der Waals surface area contributed by atoms with Crippen LogP contribution in [0.2, 0.25) is 0 Å². The van der Waals surface area contributed by atoms with E-state index in [2.05, 4.69) is 16.9 Å². The summed E-state index contributed by atoms with van der Waals surface area (Å²) >= 11 is 0. The van der Waals surface area contributed by atoms with Crippen molar-refractivity contribution < 1.29 is 56.2 Å². The zero-order valence-electron chi connectivity index (χ0n) is 4.48. The van der Waals surface area contributed by atoms with E-state index in [4.69, 9.17) is 0 Å². The number of hydrogen-bond acceptors (Lipinski definition) is 2. The van der Waals surface area contributed by atoms with Crippen LogP contribution in [0.25, 0.3) is 0 Å². The Kier molecular flexibility index (Phi) is 4.46. The van der Waals surface area contributed by atoms with Gasteiger partial charge in [-0.3, -0.25) is 0 Å². The zero-order valence-corrected chi connectivity index (χ0v) is 7.60. The van der Waals surface area contributed by atoms with E-state index < -0.39 is 0 Å². The van der Waals surface area contributed by atoms with Crippen LogP contribution in [0.15, 0.2) is 5.16 Å². The average Bonchev–Trinajstić information content (AvgIpc) is 1.86. The Hall–Kier alpha value is 0.976. The van der Waals surface area contributed by atoms with Gasteiger partial charge >= 0.3 is 51.4 Å². The van der Waals surface area contributed by atoms with Gasteiger partial charge in [-0.25, -0.2) is 0 Å². The molecule has 0 aromatic heterocycles. The molecular formula is C4H6KNO. The van der Waals surface area contributed by atoms with Gasteiger partial charge in [-0.2, -0.15) is 0 Å². The maximum atomic E-state index is 4.58. The molecule has 0 bridgehead atoms. The van der Waals surface area contributed by atoms with Crippen molar-refractivity contribution in [1.29, 1.82) is 0 Å². The molecule has 0 spiro atoms. The summed E-state index contributed by atoms with van der Waals surface area (Å²) in [6, 6.07) is 0. The SMILES string of the molecule is [CH2-]C1=NOCC1.[K+]. The Balaban J connectivity index is 0.000000360. The van der Waals surface area contributed by atoms with Crippen molar-refractivity contribution in [1.82, 2.24) is 0 Å². The molecule has 0 atom stereocenters. The molecule has 2 nitrogen and oxygen atoms in total. The summed E-state index contributed by atoms with van der Waals surface area (Å²) in [6.45, 7) is 4.28. The van der Waals surface area contributed by atoms with Crippen LogP contribution < -0.4 is 51.4 Å². The Morgan fingerprint density at radius 1 is 1.71 bits per heavy atom. The van der Waals surface area contributed by atoms with E-state index >= 15 is 0 Å². The first-order valence-corrected chi connectivity index (χ1v) is 1.90. The summed E-state index contributed by atoms with van der Waals surface area (Å²) in [5, 5.41) is 3.54. The van der Waals surface area contributed by atoms with Crippen molar-refractivity contribution in [2.75, 3.05) is 6.61 Å². The quantitative estimate of drug-likeness (QED) is 0.260. The summed E-state index contributed by atoms with van der Waals surface area (Å²) < 4.78 is 0. The van der Waals surface area contributed by atoms with Gasteiger partial charge in [-0.05, 0) is 6.42 Å². The molecule has 0 fully saturated rings. The van der Waals surface area contributed by atoms with Gasteiger partial charge in [0.25, 0.3) is 0 Å². The van der Waals surface area contributed by atoms with Gasteiger partial charge in [0.05, 0.1) is 0 Å². The molecule has 0 amide bonds. The first-order chi connectivity index (χ1) is 2.89. The maximum Gasteiger partial charge on any atom is 1.00 e. The third-order valence-electron chi connectivity index (χ3n) is 0.676. The largest absolute Gasteiger partial charge is 1.00 e. The summed E-state index contributed by atoms with van der Waals surface area (Å²) in [5.41, 5.74) is 0.856. The summed E-state index contributed by atoms with van der Waals surface area (Å²) in [7, 11) is 0. The molecule has 1 heterocycles. The standard InChI is InChI=1S/C4H6NO.K/c1-4-2-3-6-5-4;/h1-3H2;/q-1;+1. The van der Waals surface area contributed by atoms with Crippen molar-refractivity contribution in [3.63, 3.8) is 0 Å². The third kappa shape index (κ3) is 2.72. The molecule has 1 aliphatic heterocycles. The molecule has 0 saturated heterocycles. The minimum atomic E-state index is 0. The first kappa shape index (κ1) is 7.98. The third-order valence-corrected chi connectivity index (χ3v) is 0.676. The second kappa shape index (κ2) is 3.92. The van der Waals surface area contributed by atoms with Crippen LogP contribution in [-0.4, -0.2) is 12.3 Å². The fourth-order valence-corrected chi connectivity index (χ4v) is 0.346. The molecule has 0 radical (unpaired) electrons. The van der Waals surface area contributed by atoms with Crippen LogP contribution in [0.5, 0.6) is 0 Å².